The third-order valence-electron chi connectivity index (χ3n) is 2.30. The number of hydrogen-bond acceptors (Lipinski definition) is 3. The standard InChI is InChI=1S/C13H9ClN2O2/c14-11-6-7-13(16(17)18)10(8-11)9-15-12-4-2-1-3-5-12/h1-9H. The third kappa shape index (κ3) is 2.93. The lowest BCUT2D eigenvalue weighted by molar-refractivity contribution is -0.385. The predicted octanol–water partition coefficient (Wildman–Crippen LogP) is 4.00. The first-order valence-electron chi connectivity index (χ1n) is 5.20. The fourth-order valence-corrected chi connectivity index (χ4v) is 1.63. The zero-order valence-electron chi connectivity index (χ0n) is 9.29. The maximum atomic E-state index is 10.8. The molecule has 0 aliphatic carbocycles. The summed E-state index contributed by atoms with van der Waals surface area (Å²) >= 11 is 5.82. The van der Waals surface area contributed by atoms with Gasteiger partial charge in [0.2, 0.25) is 0 Å². The summed E-state index contributed by atoms with van der Waals surface area (Å²) in [6, 6.07) is 13.6. The van der Waals surface area contributed by atoms with Crippen molar-refractivity contribution in [1.82, 2.24) is 0 Å². The lowest BCUT2D eigenvalue weighted by Gasteiger charge is -1.98. The van der Waals surface area contributed by atoms with Crippen LogP contribution < -0.4 is 0 Å². The quantitative estimate of drug-likeness (QED) is 0.476. The van der Waals surface area contributed by atoms with Gasteiger partial charge in [-0.2, -0.15) is 0 Å². The average molecular weight is 261 g/mol. The number of nitro groups is 1. The lowest BCUT2D eigenvalue weighted by atomic mass is 10.2. The molecule has 0 aliphatic heterocycles. The van der Waals surface area contributed by atoms with Gasteiger partial charge in [0.25, 0.3) is 5.69 Å². The molecule has 2 aromatic carbocycles. The van der Waals surface area contributed by atoms with Gasteiger partial charge in [-0.3, -0.25) is 15.1 Å². The van der Waals surface area contributed by atoms with Crippen molar-refractivity contribution in [3.05, 3.63) is 69.2 Å². The Bertz CT molecular complexity index is 597. The maximum absolute atomic E-state index is 10.8. The van der Waals surface area contributed by atoms with Crippen LogP contribution >= 0.6 is 11.6 Å². The molecule has 0 aliphatic rings. The summed E-state index contributed by atoms with van der Waals surface area (Å²) in [6.45, 7) is 0. The summed E-state index contributed by atoms with van der Waals surface area (Å²) in [4.78, 5) is 14.6. The molecule has 0 heterocycles. The smallest absolute Gasteiger partial charge is 0.258 e. The third-order valence-corrected chi connectivity index (χ3v) is 2.53. The number of nitrogens with zero attached hydrogens (tertiary/aromatic N) is 2. The molecule has 0 N–H and O–H groups in total. The van der Waals surface area contributed by atoms with E-state index >= 15 is 0 Å². The Morgan fingerprint density at radius 2 is 1.89 bits per heavy atom. The van der Waals surface area contributed by atoms with E-state index in [1.807, 2.05) is 30.3 Å². The average Bonchev–Trinajstić information content (AvgIpc) is 2.37. The van der Waals surface area contributed by atoms with E-state index in [1.54, 1.807) is 0 Å². The van der Waals surface area contributed by atoms with Gasteiger partial charge >= 0.3 is 0 Å². The zero-order chi connectivity index (χ0) is 13.0. The van der Waals surface area contributed by atoms with Gasteiger partial charge in [-0.05, 0) is 24.3 Å². The van der Waals surface area contributed by atoms with Crippen LogP contribution in [0.1, 0.15) is 5.56 Å². The molecule has 0 amide bonds. The van der Waals surface area contributed by atoms with Crippen LogP contribution in [0.2, 0.25) is 5.02 Å². The zero-order valence-corrected chi connectivity index (χ0v) is 10.0. The summed E-state index contributed by atoms with van der Waals surface area (Å²) in [5.74, 6) is 0. The highest BCUT2D eigenvalue weighted by Crippen LogP contribution is 2.22. The van der Waals surface area contributed by atoms with Gasteiger partial charge in [0.15, 0.2) is 0 Å². The molecule has 0 radical (unpaired) electrons. The normalized spacial score (nSPS) is 10.7. The first-order valence-corrected chi connectivity index (χ1v) is 5.57. The van der Waals surface area contributed by atoms with Crippen molar-refractivity contribution < 1.29 is 4.92 Å². The highest BCUT2D eigenvalue weighted by atomic mass is 35.5. The molecular formula is C13H9ClN2O2. The Balaban J connectivity index is 2.36. The van der Waals surface area contributed by atoms with E-state index in [4.69, 9.17) is 11.6 Å². The van der Waals surface area contributed by atoms with E-state index in [2.05, 4.69) is 4.99 Å². The number of rotatable bonds is 3. The summed E-state index contributed by atoms with van der Waals surface area (Å²) in [7, 11) is 0. The van der Waals surface area contributed by atoms with Crippen LogP contribution in [-0.4, -0.2) is 11.1 Å². The molecule has 2 rings (SSSR count). The van der Waals surface area contributed by atoms with E-state index < -0.39 is 4.92 Å². The molecule has 5 heteroatoms. The Hall–Kier alpha value is -2.20. The van der Waals surface area contributed by atoms with Crippen LogP contribution in [0.15, 0.2) is 53.5 Å². The summed E-state index contributed by atoms with van der Waals surface area (Å²) in [5, 5.41) is 11.3. The van der Waals surface area contributed by atoms with E-state index in [9.17, 15) is 10.1 Å². The predicted molar refractivity (Wildman–Crippen MR) is 71.8 cm³/mol. The van der Waals surface area contributed by atoms with Crippen molar-refractivity contribution in [2.75, 3.05) is 0 Å². The van der Waals surface area contributed by atoms with Crippen molar-refractivity contribution in [2.45, 2.75) is 0 Å². The first-order chi connectivity index (χ1) is 8.66. The molecule has 18 heavy (non-hydrogen) atoms. The van der Waals surface area contributed by atoms with Gasteiger partial charge in [0, 0.05) is 17.3 Å². The molecule has 0 spiro atoms. The van der Waals surface area contributed by atoms with Gasteiger partial charge in [-0.15, -0.1) is 0 Å². The van der Waals surface area contributed by atoms with Crippen molar-refractivity contribution >= 4 is 29.2 Å². The minimum atomic E-state index is -0.456. The maximum Gasteiger partial charge on any atom is 0.278 e. The molecule has 0 atom stereocenters. The minimum absolute atomic E-state index is 0.0147. The number of benzene rings is 2. The summed E-state index contributed by atoms with van der Waals surface area (Å²) < 4.78 is 0. The molecule has 0 aromatic heterocycles. The largest absolute Gasteiger partial charge is 0.278 e. The second kappa shape index (κ2) is 5.42. The van der Waals surface area contributed by atoms with Crippen molar-refractivity contribution in [1.29, 1.82) is 0 Å². The molecule has 0 unspecified atom stereocenters. The van der Waals surface area contributed by atoms with E-state index in [0.717, 1.165) is 5.69 Å². The number of aliphatic imine (C=N–C) groups is 1. The van der Waals surface area contributed by atoms with E-state index in [1.165, 1.54) is 24.4 Å². The first kappa shape index (κ1) is 12.3. The number of para-hydroxylation sites is 1. The highest BCUT2D eigenvalue weighted by Gasteiger charge is 2.11. The van der Waals surface area contributed by atoms with Crippen LogP contribution in [0.25, 0.3) is 0 Å². The Morgan fingerprint density at radius 3 is 2.56 bits per heavy atom. The van der Waals surface area contributed by atoms with Crippen LogP contribution in [0.4, 0.5) is 11.4 Å². The lowest BCUT2D eigenvalue weighted by Crippen LogP contribution is -1.94. The van der Waals surface area contributed by atoms with Crippen LogP contribution in [0, 0.1) is 10.1 Å². The van der Waals surface area contributed by atoms with Crippen LogP contribution in [0.5, 0.6) is 0 Å². The minimum Gasteiger partial charge on any atom is -0.258 e. The van der Waals surface area contributed by atoms with Gasteiger partial charge in [-0.1, -0.05) is 29.8 Å². The van der Waals surface area contributed by atoms with Crippen molar-refractivity contribution in [3.63, 3.8) is 0 Å². The number of halogens is 1. The molecule has 0 saturated carbocycles. The molecule has 4 nitrogen and oxygen atoms in total. The van der Waals surface area contributed by atoms with Crippen LogP contribution in [-0.2, 0) is 0 Å². The number of hydrogen-bond donors (Lipinski definition) is 0. The molecule has 2 aromatic rings. The van der Waals surface area contributed by atoms with Gasteiger partial charge in [0.05, 0.1) is 16.2 Å². The second-order valence-electron chi connectivity index (χ2n) is 3.55. The van der Waals surface area contributed by atoms with Gasteiger partial charge in [0.1, 0.15) is 0 Å². The Labute approximate surface area is 109 Å². The van der Waals surface area contributed by atoms with Gasteiger partial charge in [-0.25, -0.2) is 0 Å². The molecule has 0 saturated heterocycles. The summed E-state index contributed by atoms with van der Waals surface area (Å²) in [6.07, 6.45) is 1.44. The molecular weight excluding hydrogens is 252 g/mol. The Morgan fingerprint density at radius 1 is 1.17 bits per heavy atom. The summed E-state index contributed by atoms with van der Waals surface area (Å²) in [5.41, 5.74) is 1.10. The molecule has 0 bridgehead atoms. The number of nitro benzene ring substituents is 1. The second-order valence-corrected chi connectivity index (χ2v) is 3.99. The van der Waals surface area contributed by atoms with Crippen molar-refractivity contribution in [3.8, 4) is 0 Å². The topological polar surface area (TPSA) is 55.5 Å². The fraction of sp³-hybridized carbons (Fsp3) is 0. The fourth-order valence-electron chi connectivity index (χ4n) is 1.45. The Kier molecular flexibility index (Phi) is 3.69. The SMILES string of the molecule is O=[N+]([O-])c1ccc(Cl)cc1C=Nc1ccccc1. The van der Waals surface area contributed by atoms with Gasteiger partial charge < -0.3 is 0 Å². The molecule has 0 fully saturated rings. The van der Waals surface area contributed by atoms with E-state index in [-0.39, 0.29) is 5.69 Å². The monoisotopic (exact) mass is 260 g/mol. The van der Waals surface area contributed by atoms with Crippen molar-refractivity contribution in [2.24, 2.45) is 4.99 Å². The van der Waals surface area contributed by atoms with Crippen LogP contribution in [0.3, 0.4) is 0 Å². The van der Waals surface area contributed by atoms with E-state index in [0.29, 0.717) is 10.6 Å². The molecule has 90 valence electrons. The highest BCUT2D eigenvalue weighted by molar-refractivity contribution is 6.31.